The highest BCUT2D eigenvalue weighted by atomic mass is 19.4. The van der Waals surface area contributed by atoms with Crippen LogP contribution < -0.4 is 5.32 Å². The first-order valence-electron chi connectivity index (χ1n) is 18.6. The van der Waals surface area contributed by atoms with Crippen LogP contribution in [-0.2, 0) is 22.7 Å². The molecule has 6 aromatic rings. The normalized spacial score (nSPS) is 17.5. The number of pyridine rings is 3. The van der Waals surface area contributed by atoms with Gasteiger partial charge in [0.05, 0.1) is 28.7 Å². The van der Waals surface area contributed by atoms with Crippen molar-refractivity contribution in [3.63, 3.8) is 0 Å². The molecule has 0 spiro atoms. The van der Waals surface area contributed by atoms with Gasteiger partial charge in [-0.05, 0) is 97.4 Å². The zero-order chi connectivity index (χ0) is 40.4. The highest BCUT2D eigenvalue weighted by Crippen LogP contribution is 2.37. The lowest BCUT2D eigenvalue weighted by molar-refractivity contribution is -0.192. The van der Waals surface area contributed by atoms with E-state index in [0.717, 1.165) is 92.9 Å². The molecule has 12 nitrogen and oxygen atoms in total. The van der Waals surface area contributed by atoms with Gasteiger partial charge in [-0.25, -0.2) is 14.8 Å². The van der Waals surface area contributed by atoms with Gasteiger partial charge in [-0.15, -0.1) is 0 Å². The lowest BCUT2D eigenvalue weighted by Gasteiger charge is -2.17. The van der Waals surface area contributed by atoms with E-state index in [4.69, 9.17) is 19.9 Å². The zero-order valence-electron chi connectivity index (χ0n) is 31.3. The van der Waals surface area contributed by atoms with Crippen molar-refractivity contribution in [1.29, 1.82) is 0 Å². The molecule has 5 N–H and O–H groups in total. The van der Waals surface area contributed by atoms with E-state index in [1.54, 1.807) is 0 Å². The first-order chi connectivity index (χ1) is 27.2. The number of benzene rings is 2. The number of anilines is 2. The molecule has 15 heteroatoms. The van der Waals surface area contributed by atoms with Crippen LogP contribution in [0.2, 0.25) is 0 Å². The second-order valence-corrected chi connectivity index (χ2v) is 14.6. The number of likely N-dealkylation sites (tertiary alicyclic amines) is 2. The van der Waals surface area contributed by atoms with Crippen LogP contribution >= 0.6 is 0 Å². The number of carbonyl (C=O) groups is 2. The monoisotopic (exact) mass is 781 g/mol. The minimum Gasteiger partial charge on any atom is -0.481 e. The molecule has 2 atom stereocenters. The number of aliphatic hydroxyl groups excluding tert-OH is 1. The molecule has 2 aliphatic heterocycles. The first kappa shape index (κ1) is 39.3. The number of aliphatic carboxylic acids is 2. The van der Waals surface area contributed by atoms with Crippen LogP contribution in [-0.4, -0.2) is 95.5 Å². The van der Waals surface area contributed by atoms with E-state index < -0.39 is 18.1 Å². The van der Waals surface area contributed by atoms with Crippen molar-refractivity contribution in [2.45, 2.75) is 52.1 Å². The number of aliphatic hydroxyl groups is 1. The number of carboxylic acid groups (broad SMARTS) is 2. The van der Waals surface area contributed by atoms with E-state index in [9.17, 15) is 28.2 Å². The molecule has 2 aliphatic rings. The van der Waals surface area contributed by atoms with E-state index in [2.05, 4.69) is 93.5 Å². The summed E-state index contributed by atoms with van der Waals surface area (Å²) >= 11 is 0. The first-order valence-corrected chi connectivity index (χ1v) is 18.6. The maximum absolute atomic E-state index is 11.4. The van der Waals surface area contributed by atoms with Gasteiger partial charge in [0.15, 0.2) is 5.82 Å². The highest BCUT2D eigenvalue weighted by molar-refractivity contribution is 5.91. The molecule has 2 saturated heterocycles. The SMILES string of the molecule is Cc1c(Nc2nccc3cc(CN4CC[C@@H](O)C4)cnc23)cccc1-c1cccc(-c2cc3nc(CN4CC[C@@H](C(=O)O)C4)ccc3[nH]2)c1C.O=C(O)C(F)(F)F. The summed E-state index contributed by atoms with van der Waals surface area (Å²) in [6, 6.07) is 23.1. The van der Waals surface area contributed by atoms with Gasteiger partial charge in [0.2, 0.25) is 0 Å². The quantitative estimate of drug-likeness (QED) is 0.0998. The Balaban J connectivity index is 0.000000651. The van der Waals surface area contributed by atoms with Gasteiger partial charge >= 0.3 is 18.1 Å². The Bertz CT molecular complexity index is 2450. The third-order valence-corrected chi connectivity index (χ3v) is 10.6. The van der Waals surface area contributed by atoms with E-state index in [1.807, 2.05) is 24.5 Å². The minimum absolute atomic E-state index is 0.239. The molecular weight excluding hydrogens is 740 g/mol. The Hall–Kier alpha value is -5.90. The van der Waals surface area contributed by atoms with Gasteiger partial charge < -0.3 is 25.6 Å². The fourth-order valence-corrected chi connectivity index (χ4v) is 7.60. The van der Waals surface area contributed by atoms with Gasteiger partial charge in [-0.3, -0.25) is 19.6 Å². The number of carboxylic acids is 2. The fourth-order valence-electron chi connectivity index (χ4n) is 7.60. The number of H-pyrrole nitrogens is 1. The molecule has 0 aliphatic carbocycles. The number of rotatable bonds is 9. The Morgan fingerprint density at radius 3 is 2.28 bits per heavy atom. The largest absolute Gasteiger partial charge is 0.490 e. The van der Waals surface area contributed by atoms with E-state index >= 15 is 0 Å². The Labute approximate surface area is 326 Å². The summed E-state index contributed by atoms with van der Waals surface area (Å²) in [6.07, 6.45) is -0.0758. The number of alkyl halides is 3. The number of aromatic amines is 1. The summed E-state index contributed by atoms with van der Waals surface area (Å²) in [6.45, 7) is 8.67. The van der Waals surface area contributed by atoms with Gasteiger partial charge in [0.1, 0.15) is 5.52 Å². The molecule has 0 bridgehead atoms. The van der Waals surface area contributed by atoms with Gasteiger partial charge in [0, 0.05) is 67.4 Å². The van der Waals surface area contributed by atoms with Gasteiger partial charge in [0.25, 0.3) is 0 Å². The van der Waals surface area contributed by atoms with Crippen molar-refractivity contribution in [2.24, 2.45) is 5.92 Å². The number of nitrogens with one attached hydrogen (secondary N) is 2. The third-order valence-electron chi connectivity index (χ3n) is 10.6. The van der Waals surface area contributed by atoms with Crippen molar-refractivity contribution < 1.29 is 38.1 Å². The standard InChI is InChI=1S/C40H41N7O3.C2HF3O2/c1-24-31(5-3-7-33(24)36-18-37-35(44-36)10-9-29(43-37)22-47-15-12-28(21-47)40(49)50)32-6-4-8-34(25(32)2)45-39-38-27(11-14-41-39)17-26(19-42-38)20-46-16-13-30(48)23-46;3-2(4,5)1(6)7/h3-11,14,17-19,28,30,44,48H,12-13,15-16,20-23H2,1-2H3,(H,41,45)(H,49,50);(H,6,7)/t28-,30-;/m1./s1. The molecule has 6 heterocycles. The number of hydrogen-bond acceptors (Lipinski definition) is 9. The number of fused-ring (bicyclic) bond motifs is 2. The average molecular weight is 782 g/mol. The van der Waals surface area contributed by atoms with E-state index in [-0.39, 0.29) is 12.0 Å². The Morgan fingerprint density at radius 1 is 0.877 bits per heavy atom. The summed E-state index contributed by atoms with van der Waals surface area (Å²) in [5, 5.41) is 31.0. The number of halogens is 3. The van der Waals surface area contributed by atoms with Crippen molar-refractivity contribution in [3.8, 4) is 22.4 Å². The number of hydrogen-bond donors (Lipinski definition) is 5. The Morgan fingerprint density at radius 2 is 1.58 bits per heavy atom. The molecule has 0 radical (unpaired) electrons. The summed E-state index contributed by atoms with van der Waals surface area (Å²) in [5.74, 6) is -3.05. The molecule has 0 unspecified atom stereocenters. The molecule has 4 aromatic heterocycles. The van der Waals surface area contributed by atoms with Crippen molar-refractivity contribution in [2.75, 3.05) is 31.5 Å². The van der Waals surface area contributed by atoms with Gasteiger partial charge in [-0.2, -0.15) is 13.2 Å². The lowest BCUT2D eigenvalue weighted by Crippen LogP contribution is -2.23. The summed E-state index contributed by atoms with van der Waals surface area (Å²) in [4.78, 5) is 42.7. The highest BCUT2D eigenvalue weighted by Gasteiger charge is 2.38. The third kappa shape index (κ3) is 8.90. The smallest absolute Gasteiger partial charge is 0.481 e. The maximum Gasteiger partial charge on any atom is 0.490 e. The summed E-state index contributed by atoms with van der Waals surface area (Å²) < 4.78 is 31.7. The second kappa shape index (κ2) is 16.3. The molecule has 2 aromatic carbocycles. The van der Waals surface area contributed by atoms with Crippen LogP contribution in [0.15, 0.2) is 79.1 Å². The van der Waals surface area contributed by atoms with E-state index in [1.165, 1.54) is 5.56 Å². The fraction of sp³-hybridized carbons (Fsp3) is 0.310. The van der Waals surface area contributed by atoms with Crippen LogP contribution in [0.5, 0.6) is 0 Å². The number of nitrogens with zero attached hydrogens (tertiary/aromatic N) is 5. The van der Waals surface area contributed by atoms with Crippen molar-refractivity contribution in [1.82, 2.24) is 29.7 Å². The Kier molecular flexibility index (Phi) is 11.2. The van der Waals surface area contributed by atoms with Crippen molar-refractivity contribution >= 4 is 45.4 Å². The molecule has 2 fully saturated rings. The van der Waals surface area contributed by atoms with Crippen LogP contribution in [0.1, 0.15) is 35.2 Å². The molecule has 296 valence electrons. The van der Waals surface area contributed by atoms with Crippen LogP contribution in [0.3, 0.4) is 0 Å². The number of aromatic nitrogens is 4. The molecule has 0 saturated carbocycles. The van der Waals surface area contributed by atoms with Gasteiger partial charge in [-0.1, -0.05) is 30.3 Å². The second-order valence-electron chi connectivity index (χ2n) is 14.6. The zero-order valence-corrected chi connectivity index (χ0v) is 31.3. The molecule has 0 amide bonds. The van der Waals surface area contributed by atoms with Crippen LogP contribution in [0, 0.1) is 19.8 Å². The maximum atomic E-state index is 11.4. The van der Waals surface area contributed by atoms with Crippen molar-refractivity contribution in [3.05, 3.63) is 102 Å². The summed E-state index contributed by atoms with van der Waals surface area (Å²) in [5.41, 5.74) is 12.4. The van der Waals surface area contributed by atoms with Crippen LogP contribution in [0.4, 0.5) is 24.7 Å². The topological polar surface area (TPSA) is 168 Å². The predicted molar refractivity (Wildman–Crippen MR) is 210 cm³/mol. The molecule has 57 heavy (non-hydrogen) atoms. The van der Waals surface area contributed by atoms with Crippen LogP contribution in [0.25, 0.3) is 44.3 Å². The lowest BCUT2D eigenvalue weighted by atomic mass is 9.92. The van der Waals surface area contributed by atoms with E-state index in [0.29, 0.717) is 31.9 Å². The molecular formula is C42H42F3N7O5. The predicted octanol–water partition coefficient (Wildman–Crippen LogP) is 7.31. The minimum atomic E-state index is -5.08. The average Bonchev–Trinajstić information content (AvgIpc) is 3.92. The molecule has 8 rings (SSSR count). The number of β-amino-alcohol motifs (C(OH)–C–C–N with tert-alkyl or cyclic N) is 1. The summed E-state index contributed by atoms with van der Waals surface area (Å²) in [7, 11) is 0.